The first-order valence-corrected chi connectivity index (χ1v) is 5.34. The number of aromatic nitrogens is 3. The van der Waals surface area contributed by atoms with E-state index in [4.69, 9.17) is 5.73 Å². The number of piperidine rings is 1. The lowest BCUT2D eigenvalue weighted by Crippen LogP contribution is -2.39. The van der Waals surface area contributed by atoms with Crippen LogP contribution in [0.1, 0.15) is 20.3 Å². The molecule has 1 aromatic rings. The highest BCUT2D eigenvalue weighted by Crippen LogP contribution is 2.23. The fourth-order valence-electron chi connectivity index (χ4n) is 2.28. The normalized spacial score (nSPS) is 26.7. The van der Waals surface area contributed by atoms with Crippen molar-refractivity contribution in [1.82, 2.24) is 15.0 Å². The molecule has 15 heavy (non-hydrogen) atoms. The van der Waals surface area contributed by atoms with Crippen LogP contribution in [0, 0.1) is 11.8 Å². The van der Waals surface area contributed by atoms with Gasteiger partial charge in [-0.25, -0.2) is 9.97 Å². The lowest BCUT2D eigenvalue weighted by atomic mass is 9.92. The van der Waals surface area contributed by atoms with E-state index in [0.717, 1.165) is 13.1 Å². The van der Waals surface area contributed by atoms with Gasteiger partial charge in [-0.2, -0.15) is 4.98 Å². The maximum Gasteiger partial charge on any atom is 0.230 e. The molecule has 2 heterocycles. The molecule has 0 unspecified atom stereocenters. The van der Waals surface area contributed by atoms with E-state index in [1.54, 1.807) is 0 Å². The van der Waals surface area contributed by atoms with Crippen LogP contribution in [0.2, 0.25) is 0 Å². The van der Waals surface area contributed by atoms with E-state index >= 15 is 0 Å². The first-order chi connectivity index (χ1) is 7.15. The molecule has 1 fully saturated rings. The van der Waals surface area contributed by atoms with Crippen LogP contribution in [-0.2, 0) is 0 Å². The highest BCUT2D eigenvalue weighted by atomic mass is 15.3. The third kappa shape index (κ3) is 2.34. The summed E-state index contributed by atoms with van der Waals surface area (Å²) in [4.78, 5) is 14.3. The van der Waals surface area contributed by atoms with E-state index in [9.17, 15) is 0 Å². The van der Waals surface area contributed by atoms with Gasteiger partial charge in [0, 0.05) is 13.1 Å². The minimum atomic E-state index is 0.297. The van der Waals surface area contributed by atoms with Crippen molar-refractivity contribution in [2.24, 2.45) is 11.8 Å². The standard InChI is InChI=1S/C10H17N5/c1-7-3-8(2)5-15(4-7)10-13-6-12-9(11)14-10/h6-8H,3-5H2,1-2H3,(H2,11,12,13,14)/t7-,8-/m1/s1. The van der Waals surface area contributed by atoms with Crippen LogP contribution >= 0.6 is 0 Å². The Morgan fingerprint density at radius 1 is 1.27 bits per heavy atom. The van der Waals surface area contributed by atoms with E-state index in [0.29, 0.717) is 23.7 Å². The quantitative estimate of drug-likeness (QED) is 0.742. The second-order valence-corrected chi connectivity index (χ2v) is 4.49. The molecule has 5 nitrogen and oxygen atoms in total. The number of nitrogen functional groups attached to an aromatic ring is 1. The molecule has 1 aliphatic heterocycles. The minimum Gasteiger partial charge on any atom is -0.368 e. The van der Waals surface area contributed by atoms with Crippen LogP contribution in [0.5, 0.6) is 0 Å². The number of nitrogens with zero attached hydrogens (tertiary/aromatic N) is 4. The van der Waals surface area contributed by atoms with Gasteiger partial charge in [0.05, 0.1) is 0 Å². The molecule has 0 bridgehead atoms. The maximum atomic E-state index is 5.55. The second kappa shape index (κ2) is 4.00. The van der Waals surface area contributed by atoms with Gasteiger partial charge in [0.1, 0.15) is 6.33 Å². The molecule has 0 saturated carbocycles. The second-order valence-electron chi connectivity index (χ2n) is 4.49. The van der Waals surface area contributed by atoms with Gasteiger partial charge >= 0.3 is 0 Å². The highest BCUT2D eigenvalue weighted by molar-refractivity contribution is 5.33. The Kier molecular flexibility index (Phi) is 2.70. The Morgan fingerprint density at radius 2 is 1.93 bits per heavy atom. The van der Waals surface area contributed by atoms with Gasteiger partial charge in [-0.3, -0.25) is 0 Å². The zero-order valence-electron chi connectivity index (χ0n) is 9.22. The predicted octanol–water partition coefficient (Wildman–Crippen LogP) is 0.936. The SMILES string of the molecule is C[C@@H]1C[C@@H](C)CN(c2ncnc(N)n2)C1. The molecule has 1 saturated heterocycles. The van der Waals surface area contributed by atoms with Crippen molar-refractivity contribution >= 4 is 11.9 Å². The van der Waals surface area contributed by atoms with Gasteiger partial charge in [0.25, 0.3) is 0 Å². The van der Waals surface area contributed by atoms with Crippen molar-refractivity contribution in [3.63, 3.8) is 0 Å². The monoisotopic (exact) mass is 207 g/mol. The Bertz CT molecular complexity index is 330. The van der Waals surface area contributed by atoms with Gasteiger partial charge in [0.15, 0.2) is 0 Å². The molecule has 0 aromatic carbocycles. The molecule has 0 spiro atoms. The summed E-state index contributed by atoms with van der Waals surface area (Å²) in [6.07, 6.45) is 2.75. The Balaban J connectivity index is 2.16. The van der Waals surface area contributed by atoms with Gasteiger partial charge in [0.2, 0.25) is 11.9 Å². The predicted molar refractivity (Wildman–Crippen MR) is 59.4 cm³/mol. The Morgan fingerprint density at radius 3 is 2.53 bits per heavy atom. The summed E-state index contributed by atoms with van der Waals surface area (Å²) in [6, 6.07) is 0. The van der Waals surface area contributed by atoms with E-state index in [1.807, 2.05) is 0 Å². The number of nitrogens with two attached hydrogens (primary N) is 1. The summed E-state index contributed by atoms with van der Waals surface area (Å²) in [5, 5.41) is 0. The smallest absolute Gasteiger partial charge is 0.230 e. The van der Waals surface area contributed by atoms with Crippen LogP contribution in [0.3, 0.4) is 0 Å². The summed E-state index contributed by atoms with van der Waals surface area (Å²) < 4.78 is 0. The molecular weight excluding hydrogens is 190 g/mol. The van der Waals surface area contributed by atoms with Gasteiger partial charge < -0.3 is 10.6 Å². The van der Waals surface area contributed by atoms with Crippen molar-refractivity contribution < 1.29 is 0 Å². The topological polar surface area (TPSA) is 67.9 Å². The lowest BCUT2D eigenvalue weighted by molar-refractivity contribution is 0.353. The molecule has 82 valence electrons. The fourth-order valence-corrected chi connectivity index (χ4v) is 2.28. The lowest BCUT2D eigenvalue weighted by Gasteiger charge is -2.34. The van der Waals surface area contributed by atoms with E-state index < -0.39 is 0 Å². The summed E-state index contributed by atoms with van der Waals surface area (Å²) in [6.45, 7) is 6.53. The molecule has 0 radical (unpaired) electrons. The Hall–Kier alpha value is -1.39. The summed E-state index contributed by atoms with van der Waals surface area (Å²) in [5.41, 5.74) is 5.55. The molecule has 1 aliphatic rings. The molecule has 0 amide bonds. The third-order valence-corrected chi connectivity index (χ3v) is 2.73. The van der Waals surface area contributed by atoms with Gasteiger partial charge in [-0.05, 0) is 18.3 Å². The molecule has 2 atom stereocenters. The number of hydrogen-bond acceptors (Lipinski definition) is 5. The maximum absolute atomic E-state index is 5.55. The first kappa shape index (κ1) is 10.1. The number of rotatable bonds is 1. The summed E-state index contributed by atoms with van der Waals surface area (Å²) in [5.74, 6) is 2.38. The fraction of sp³-hybridized carbons (Fsp3) is 0.700. The van der Waals surface area contributed by atoms with Crippen LogP contribution in [0.25, 0.3) is 0 Å². The van der Waals surface area contributed by atoms with Crippen molar-refractivity contribution in [2.75, 3.05) is 23.7 Å². The number of anilines is 2. The molecular formula is C10H17N5. The molecule has 2 rings (SSSR count). The van der Waals surface area contributed by atoms with E-state index in [-0.39, 0.29) is 0 Å². The van der Waals surface area contributed by atoms with Crippen molar-refractivity contribution in [2.45, 2.75) is 20.3 Å². The van der Waals surface area contributed by atoms with E-state index in [1.165, 1.54) is 12.7 Å². The third-order valence-electron chi connectivity index (χ3n) is 2.73. The van der Waals surface area contributed by atoms with Crippen LogP contribution in [-0.4, -0.2) is 28.0 Å². The molecule has 5 heteroatoms. The van der Waals surface area contributed by atoms with Crippen LogP contribution < -0.4 is 10.6 Å². The highest BCUT2D eigenvalue weighted by Gasteiger charge is 2.23. The minimum absolute atomic E-state index is 0.297. The zero-order valence-corrected chi connectivity index (χ0v) is 9.22. The largest absolute Gasteiger partial charge is 0.368 e. The molecule has 1 aromatic heterocycles. The van der Waals surface area contributed by atoms with Crippen molar-refractivity contribution in [1.29, 1.82) is 0 Å². The van der Waals surface area contributed by atoms with Crippen molar-refractivity contribution in [3.05, 3.63) is 6.33 Å². The van der Waals surface area contributed by atoms with E-state index in [2.05, 4.69) is 33.7 Å². The van der Waals surface area contributed by atoms with Crippen LogP contribution in [0.4, 0.5) is 11.9 Å². The first-order valence-electron chi connectivity index (χ1n) is 5.34. The van der Waals surface area contributed by atoms with Gasteiger partial charge in [-0.1, -0.05) is 13.8 Å². The van der Waals surface area contributed by atoms with Crippen molar-refractivity contribution in [3.8, 4) is 0 Å². The zero-order chi connectivity index (χ0) is 10.8. The average Bonchev–Trinajstić information content (AvgIpc) is 2.16. The number of hydrogen-bond donors (Lipinski definition) is 1. The molecule has 2 N–H and O–H groups in total. The van der Waals surface area contributed by atoms with Crippen LogP contribution in [0.15, 0.2) is 6.33 Å². The van der Waals surface area contributed by atoms with Gasteiger partial charge in [-0.15, -0.1) is 0 Å². The summed E-state index contributed by atoms with van der Waals surface area (Å²) >= 11 is 0. The summed E-state index contributed by atoms with van der Waals surface area (Å²) in [7, 11) is 0. The Labute approximate surface area is 89.7 Å². The molecule has 0 aliphatic carbocycles. The average molecular weight is 207 g/mol.